The van der Waals surface area contributed by atoms with Crippen LogP contribution in [0.3, 0.4) is 0 Å². The maximum Gasteiger partial charge on any atom is 0.311 e. The van der Waals surface area contributed by atoms with Gasteiger partial charge in [0, 0.05) is 5.02 Å². The molecule has 0 aliphatic rings. The van der Waals surface area contributed by atoms with Crippen LogP contribution in [0, 0.1) is 10.8 Å². The van der Waals surface area contributed by atoms with Crippen molar-refractivity contribution >= 4 is 23.1 Å². The van der Waals surface area contributed by atoms with E-state index in [1.54, 1.807) is 0 Å². The Morgan fingerprint density at radius 1 is 1.10 bits per heavy atom. The molecule has 0 radical (unpaired) electrons. The highest BCUT2D eigenvalue weighted by atomic mass is 35.5. The van der Waals surface area contributed by atoms with E-state index >= 15 is 0 Å². The molecule has 0 aromatic heterocycles. The summed E-state index contributed by atoms with van der Waals surface area (Å²) in [7, 11) is 0. The van der Waals surface area contributed by atoms with E-state index in [1.807, 2.05) is 45.0 Å². The summed E-state index contributed by atoms with van der Waals surface area (Å²) in [4.78, 5) is 11.9. The molecule has 0 aliphatic heterocycles. The van der Waals surface area contributed by atoms with Crippen molar-refractivity contribution in [2.45, 2.75) is 41.5 Å². The van der Waals surface area contributed by atoms with Gasteiger partial charge in [-0.25, -0.2) is 0 Å². The summed E-state index contributed by atoms with van der Waals surface area (Å²) in [5, 5.41) is 0.695. The number of rotatable bonds is 3. The van der Waals surface area contributed by atoms with Crippen molar-refractivity contribution in [2.75, 3.05) is 6.61 Å². The number of halogens is 1. The molecule has 0 saturated carbocycles. The number of hydrogen-bond acceptors (Lipinski definition) is 2. The number of allylic oxidation sites excluding steroid dienone is 1. The fourth-order valence-electron chi connectivity index (χ4n) is 1.75. The molecule has 0 fully saturated rings. The molecule has 0 spiro atoms. The predicted molar refractivity (Wildman–Crippen MR) is 89.3 cm³/mol. The number of ether oxygens (including phenoxy) is 1. The number of hydrogen-bond donors (Lipinski definition) is 0. The van der Waals surface area contributed by atoms with Crippen LogP contribution >= 0.6 is 11.6 Å². The Morgan fingerprint density at radius 2 is 1.62 bits per heavy atom. The van der Waals surface area contributed by atoms with Crippen molar-refractivity contribution in [1.29, 1.82) is 0 Å². The van der Waals surface area contributed by atoms with Crippen LogP contribution in [0.5, 0.6) is 0 Å². The average Bonchev–Trinajstić information content (AvgIpc) is 2.32. The Hall–Kier alpha value is -1.28. The predicted octanol–water partition coefficient (Wildman–Crippen LogP) is 5.36. The summed E-state index contributed by atoms with van der Waals surface area (Å²) in [6.45, 7) is 12.2. The minimum absolute atomic E-state index is 0.00308. The quantitative estimate of drug-likeness (QED) is 0.703. The molecule has 0 N–H and O–H groups in total. The molecule has 3 heteroatoms. The van der Waals surface area contributed by atoms with Crippen LogP contribution < -0.4 is 0 Å². The Morgan fingerprint density at radius 3 is 2.05 bits per heavy atom. The Kier molecular flexibility index (Phi) is 5.63. The molecule has 0 unspecified atom stereocenters. The zero-order valence-corrected chi connectivity index (χ0v) is 14.5. The van der Waals surface area contributed by atoms with Gasteiger partial charge in [0.25, 0.3) is 0 Å². The average molecular weight is 309 g/mol. The van der Waals surface area contributed by atoms with E-state index in [9.17, 15) is 4.79 Å². The van der Waals surface area contributed by atoms with Gasteiger partial charge in [0.2, 0.25) is 0 Å². The van der Waals surface area contributed by atoms with Crippen molar-refractivity contribution in [3.8, 4) is 0 Å². The Labute approximate surface area is 133 Å². The van der Waals surface area contributed by atoms with Crippen molar-refractivity contribution in [3.63, 3.8) is 0 Å². The molecular formula is C18H25ClO2. The third-order valence-electron chi connectivity index (χ3n) is 2.79. The highest BCUT2D eigenvalue weighted by molar-refractivity contribution is 6.30. The molecule has 0 saturated heterocycles. The number of benzene rings is 1. The van der Waals surface area contributed by atoms with Gasteiger partial charge in [0.05, 0.1) is 5.41 Å². The van der Waals surface area contributed by atoms with Gasteiger partial charge >= 0.3 is 5.97 Å². The van der Waals surface area contributed by atoms with Crippen molar-refractivity contribution in [1.82, 2.24) is 0 Å². The molecule has 0 amide bonds. The van der Waals surface area contributed by atoms with E-state index in [2.05, 4.69) is 26.8 Å². The van der Waals surface area contributed by atoms with E-state index in [4.69, 9.17) is 16.3 Å². The maximum atomic E-state index is 11.9. The second-order valence-corrected chi connectivity index (χ2v) is 7.81. The summed E-state index contributed by atoms with van der Waals surface area (Å²) in [6, 6.07) is 7.59. The number of esters is 1. The van der Waals surface area contributed by atoms with E-state index in [0.717, 1.165) is 11.1 Å². The molecule has 0 bridgehead atoms. The fourth-order valence-corrected chi connectivity index (χ4v) is 1.88. The van der Waals surface area contributed by atoms with Crippen LogP contribution in [0.15, 0.2) is 30.3 Å². The minimum Gasteiger partial charge on any atom is -0.460 e. The maximum absolute atomic E-state index is 11.9. The van der Waals surface area contributed by atoms with Gasteiger partial charge in [0.1, 0.15) is 6.61 Å². The lowest BCUT2D eigenvalue weighted by atomic mass is 9.91. The SMILES string of the molecule is CC(C)(C)/C=C(/COC(=O)C(C)(C)C)c1ccc(Cl)cc1. The summed E-state index contributed by atoms with van der Waals surface area (Å²) in [6.07, 6.45) is 2.13. The molecule has 0 atom stereocenters. The van der Waals surface area contributed by atoms with Crippen molar-refractivity contribution < 1.29 is 9.53 Å². The van der Waals surface area contributed by atoms with Crippen LogP contribution in [-0.2, 0) is 9.53 Å². The Bertz CT molecular complexity index is 514. The van der Waals surface area contributed by atoms with Gasteiger partial charge in [-0.2, -0.15) is 0 Å². The third-order valence-corrected chi connectivity index (χ3v) is 3.05. The standard InChI is InChI=1S/C18H25ClO2/c1-17(2,3)11-14(12-21-16(20)18(4,5)6)13-7-9-15(19)10-8-13/h7-11H,12H2,1-6H3/b14-11-. The summed E-state index contributed by atoms with van der Waals surface area (Å²) < 4.78 is 5.46. The van der Waals surface area contributed by atoms with Gasteiger partial charge in [-0.05, 0) is 49.5 Å². The molecule has 21 heavy (non-hydrogen) atoms. The second kappa shape index (κ2) is 6.65. The second-order valence-electron chi connectivity index (χ2n) is 7.37. The smallest absolute Gasteiger partial charge is 0.311 e. The van der Waals surface area contributed by atoms with Crippen LogP contribution in [0.1, 0.15) is 47.1 Å². The lowest BCUT2D eigenvalue weighted by molar-refractivity contribution is -0.151. The first-order valence-corrected chi connectivity index (χ1v) is 7.52. The highest BCUT2D eigenvalue weighted by Crippen LogP contribution is 2.26. The zero-order valence-electron chi connectivity index (χ0n) is 13.8. The van der Waals surface area contributed by atoms with Crippen LogP contribution in [0.2, 0.25) is 5.02 Å². The van der Waals surface area contributed by atoms with E-state index < -0.39 is 5.41 Å². The molecule has 1 rings (SSSR count). The molecule has 0 aliphatic carbocycles. The minimum atomic E-state index is -0.493. The first-order chi connectivity index (χ1) is 9.49. The number of carbonyl (C=O) groups excluding carboxylic acids is 1. The molecule has 116 valence electrons. The van der Waals surface area contributed by atoms with Gasteiger partial charge in [-0.3, -0.25) is 4.79 Å². The molecule has 1 aromatic rings. The summed E-state index contributed by atoms with van der Waals surface area (Å²) >= 11 is 5.93. The van der Waals surface area contributed by atoms with Gasteiger partial charge in [-0.15, -0.1) is 0 Å². The number of carbonyl (C=O) groups is 1. The third kappa shape index (κ3) is 6.34. The first-order valence-electron chi connectivity index (χ1n) is 7.14. The molecule has 0 heterocycles. The van der Waals surface area contributed by atoms with Gasteiger partial charge in [0.15, 0.2) is 0 Å². The van der Waals surface area contributed by atoms with E-state index in [-0.39, 0.29) is 18.0 Å². The van der Waals surface area contributed by atoms with Crippen molar-refractivity contribution in [2.24, 2.45) is 10.8 Å². The first kappa shape index (κ1) is 17.8. The molecule has 2 nitrogen and oxygen atoms in total. The van der Waals surface area contributed by atoms with Gasteiger partial charge in [-0.1, -0.05) is 50.6 Å². The molecule has 1 aromatic carbocycles. The topological polar surface area (TPSA) is 26.3 Å². The zero-order chi connectivity index (χ0) is 16.3. The van der Waals surface area contributed by atoms with E-state index in [1.165, 1.54) is 0 Å². The van der Waals surface area contributed by atoms with Crippen LogP contribution in [0.25, 0.3) is 5.57 Å². The summed E-state index contributed by atoms with van der Waals surface area (Å²) in [5.41, 5.74) is 1.53. The van der Waals surface area contributed by atoms with Crippen LogP contribution in [0.4, 0.5) is 0 Å². The largest absolute Gasteiger partial charge is 0.460 e. The van der Waals surface area contributed by atoms with E-state index in [0.29, 0.717) is 5.02 Å². The molecular weight excluding hydrogens is 284 g/mol. The monoisotopic (exact) mass is 308 g/mol. The summed E-state index contributed by atoms with van der Waals surface area (Å²) in [5.74, 6) is -0.198. The van der Waals surface area contributed by atoms with Gasteiger partial charge < -0.3 is 4.74 Å². The fraction of sp³-hybridized carbons (Fsp3) is 0.500. The van der Waals surface area contributed by atoms with Crippen molar-refractivity contribution in [3.05, 3.63) is 40.9 Å². The highest BCUT2D eigenvalue weighted by Gasteiger charge is 2.23. The normalized spacial score (nSPS) is 13.2. The lowest BCUT2D eigenvalue weighted by Crippen LogP contribution is -2.23. The lowest BCUT2D eigenvalue weighted by Gasteiger charge is -2.20. The Balaban J connectivity index is 2.97. The van der Waals surface area contributed by atoms with Crippen LogP contribution in [-0.4, -0.2) is 12.6 Å².